The third kappa shape index (κ3) is 3.30. The van der Waals surface area contributed by atoms with Crippen LogP contribution in [0.15, 0.2) is 22.9 Å². The first-order chi connectivity index (χ1) is 9.11. The Hall–Kier alpha value is -1.46. The molecule has 102 valence electrons. The fourth-order valence-corrected chi connectivity index (χ4v) is 2.12. The summed E-state index contributed by atoms with van der Waals surface area (Å²) in [5.74, 6) is 1.54. The highest BCUT2D eigenvalue weighted by Crippen LogP contribution is 2.26. The topological polar surface area (TPSA) is 77.8 Å². The molecule has 2 heterocycles. The average molecular weight is 281 g/mol. The molecule has 2 aromatic heterocycles. The summed E-state index contributed by atoms with van der Waals surface area (Å²) in [4.78, 5) is 8.52. The van der Waals surface area contributed by atoms with Crippen LogP contribution in [-0.2, 0) is 0 Å². The third-order valence-corrected chi connectivity index (χ3v) is 3.11. The Morgan fingerprint density at radius 2 is 2.21 bits per heavy atom. The summed E-state index contributed by atoms with van der Waals surface area (Å²) in [5, 5.41) is 4.44. The molecule has 2 rings (SSSR count). The van der Waals surface area contributed by atoms with Crippen molar-refractivity contribution in [2.45, 2.75) is 26.2 Å². The van der Waals surface area contributed by atoms with Crippen LogP contribution in [-0.4, -0.2) is 21.7 Å². The zero-order valence-corrected chi connectivity index (χ0v) is 11.8. The van der Waals surface area contributed by atoms with Gasteiger partial charge in [-0.1, -0.05) is 30.6 Å². The van der Waals surface area contributed by atoms with Gasteiger partial charge in [0.2, 0.25) is 11.7 Å². The van der Waals surface area contributed by atoms with E-state index in [4.69, 9.17) is 21.9 Å². The fraction of sp³-hybridized carbons (Fsp3) is 0.462. The number of halogens is 1. The summed E-state index contributed by atoms with van der Waals surface area (Å²) in [6, 6.07) is 3.50. The Kier molecular flexibility index (Phi) is 4.50. The highest BCUT2D eigenvalue weighted by atomic mass is 35.5. The van der Waals surface area contributed by atoms with Crippen molar-refractivity contribution in [1.82, 2.24) is 15.1 Å². The minimum atomic E-state index is 0.0729. The maximum absolute atomic E-state index is 6.06. The van der Waals surface area contributed by atoms with Gasteiger partial charge < -0.3 is 10.3 Å². The van der Waals surface area contributed by atoms with Crippen molar-refractivity contribution in [1.29, 1.82) is 0 Å². The molecule has 0 radical (unpaired) electrons. The number of hydrogen-bond acceptors (Lipinski definition) is 5. The molecule has 19 heavy (non-hydrogen) atoms. The van der Waals surface area contributed by atoms with Gasteiger partial charge in [0.1, 0.15) is 5.69 Å². The SMILES string of the molecule is CC(C)CC(CN)c1nc(-c2ncccc2Cl)no1. The van der Waals surface area contributed by atoms with Crippen molar-refractivity contribution in [3.05, 3.63) is 29.2 Å². The van der Waals surface area contributed by atoms with Crippen LogP contribution in [0.1, 0.15) is 32.1 Å². The summed E-state index contributed by atoms with van der Waals surface area (Å²) in [7, 11) is 0. The van der Waals surface area contributed by atoms with Crippen molar-refractivity contribution >= 4 is 11.6 Å². The van der Waals surface area contributed by atoms with Crippen molar-refractivity contribution in [3.63, 3.8) is 0 Å². The third-order valence-electron chi connectivity index (χ3n) is 2.80. The van der Waals surface area contributed by atoms with E-state index in [1.165, 1.54) is 0 Å². The molecule has 1 unspecified atom stereocenters. The maximum atomic E-state index is 6.06. The quantitative estimate of drug-likeness (QED) is 0.911. The minimum Gasteiger partial charge on any atom is -0.339 e. The average Bonchev–Trinajstić information content (AvgIpc) is 2.85. The monoisotopic (exact) mass is 280 g/mol. The first-order valence-electron chi connectivity index (χ1n) is 6.26. The molecule has 0 saturated heterocycles. The summed E-state index contributed by atoms with van der Waals surface area (Å²) in [5.41, 5.74) is 6.29. The number of pyridine rings is 1. The molecule has 6 heteroatoms. The predicted molar refractivity (Wildman–Crippen MR) is 73.8 cm³/mol. The lowest BCUT2D eigenvalue weighted by Gasteiger charge is -2.11. The smallest absolute Gasteiger partial charge is 0.231 e. The lowest BCUT2D eigenvalue weighted by Crippen LogP contribution is -2.15. The summed E-state index contributed by atoms with van der Waals surface area (Å²) < 4.78 is 5.29. The molecular formula is C13H17ClN4O. The Bertz CT molecular complexity index is 541. The molecule has 0 bridgehead atoms. The highest BCUT2D eigenvalue weighted by Gasteiger charge is 2.20. The molecule has 0 fully saturated rings. The van der Waals surface area contributed by atoms with E-state index < -0.39 is 0 Å². The molecule has 1 atom stereocenters. The van der Waals surface area contributed by atoms with Crippen LogP contribution < -0.4 is 5.73 Å². The normalized spacial score (nSPS) is 12.9. The van der Waals surface area contributed by atoms with Gasteiger partial charge in [0, 0.05) is 12.7 Å². The Balaban J connectivity index is 2.26. The number of rotatable bonds is 5. The Labute approximate surface area is 117 Å². The standard InChI is InChI=1S/C13H17ClN4O/c1-8(2)6-9(7-15)13-17-12(18-19-13)11-10(14)4-3-5-16-11/h3-5,8-9H,6-7,15H2,1-2H3. The highest BCUT2D eigenvalue weighted by molar-refractivity contribution is 6.32. The first-order valence-corrected chi connectivity index (χ1v) is 6.64. The molecular weight excluding hydrogens is 264 g/mol. The van der Waals surface area contributed by atoms with Gasteiger partial charge >= 0.3 is 0 Å². The fourth-order valence-electron chi connectivity index (χ4n) is 1.91. The van der Waals surface area contributed by atoms with Gasteiger partial charge in [0.05, 0.1) is 10.9 Å². The van der Waals surface area contributed by atoms with Crippen LogP contribution in [0.4, 0.5) is 0 Å². The van der Waals surface area contributed by atoms with E-state index in [0.29, 0.717) is 34.9 Å². The number of nitrogens with two attached hydrogens (primary N) is 1. The molecule has 0 spiro atoms. The van der Waals surface area contributed by atoms with Crippen LogP contribution >= 0.6 is 11.6 Å². The van der Waals surface area contributed by atoms with E-state index in [9.17, 15) is 0 Å². The summed E-state index contributed by atoms with van der Waals surface area (Å²) in [6.45, 7) is 4.75. The zero-order valence-electron chi connectivity index (χ0n) is 11.0. The largest absolute Gasteiger partial charge is 0.339 e. The van der Waals surface area contributed by atoms with E-state index >= 15 is 0 Å². The molecule has 0 aliphatic carbocycles. The molecule has 0 aromatic carbocycles. The van der Waals surface area contributed by atoms with E-state index in [-0.39, 0.29) is 5.92 Å². The number of hydrogen-bond donors (Lipinski definition) is 1. The lowest BCUT2D eigenvalue weighted by molar-refractivity contribution is 0.334. The van der Waals surface area contributed by atoms with Crippen molar-refractivity contribution < 1.29 is 4.52 Å². The predicted octanol–water partition coefficient (Wildman–Crippen LogP) is 2.87. The molecule has 0 aliphatic heterocycles. The van der Waals surface area contributed by atoms with Gasteiger partial charge in [-0.25, -0.2) is 0 Å². The maximum Gasteiger partial charge on any atom is 0.231 e. The summed E-state index contributed by atoms with van der Waals surface area (Å²) >= 11 is 6.06. The molecule has 2 N–H and O–H groups in total. The van der Waals surface area contributed by atoms with Gasteiger partial charge in [0.25, 0.3) is 0 Å². The van der Waals surface area contributed by atoms with Crippen LogP contribution in [0.25, 0.3) is 11.5 Å². The van der Waals surface area contributed by atoms with E-state index in [2.05, 4.69) is 29.0 Å². The first kappa shape index (κ1) is 14.0. The van der Waals surface area contributed by atoms with Crippen LogP contribution in [0, 0.1) is 5.92 Å². The second-order valence-electron chi connectivity index (χ2n) is 4.85. The van der Waals surface area contributed by atoms with E-state index in [0.717, 1.165) is 6.42 Å². The van der Waals surface area contributed by atoms with Crippen LogP contribution in [0.3, 0.4) is 0 Å². The van der Waals surface area contributed by atoms with Gasteiger partial charge in [-0.05, 0) is 24.5 Å². The van der Waals surface area contributed by atoms with Crippen molar-refractivity contribution in [2.24, 2.45) is 11.7 Å². The Morgan fingerprint density at radius 3 is 2.84 bits per heavy atom. The lowest BCUT2D eigenvalue weighted by atomic mass is 9.97. The van der Waals surface area contributed by atoms with Gasteiger partial charge in [-0.3, -0.25) is 4.98 Å². The van der Waals surface area contributed by atoms with Crippen LogP contribution in [0.2, 0.25) is 5.02 Å². The van der Waals surface area contributed by atoms with E-state index in [1.807, 2.05) is 0 Å². The summed E-state index contributed by atoms with van der Waals surface area (Å²) in [6.07, 6.45) is 2.56. The van der Waals surface area contributed by atoms with Gasteiger partial charge in [-0.15, -0.1) is 0 Å². The van der Waals surface area contributed by atoms with Crippen molar-refractivity contribution in [3.8, 4) is 11.5 Å². The van der Waals surface area contributed by atoms with Crippen LogP contribution in [0.5, 0.6) is 0 Å². The minimum absolute atomic E-state index is 0.0729. The molecule has 0 saturated carbocycles. The van der Waals surface area contributed by atoms with Gasteiger partial charge in [0.15, 0.2) is 0 Å². The molecule has 2 aromatic rings. The zero-order chi connectivity index (χ0) is 13.8. The molecule has 0 amide bonds. The second-order valence-corrected chi connectivity index (χ2v) is 5.26. The molecule has 5 nitrogen and oxygen atoms in total. The molecule has 0 aliphatic rings. The second kappa shape index (κ2) is 6.12. The number of nitrogens with zero attached hydrogens (tertiary/aromatic N) is 3. The van der Waals surface area contributed by atoms with Crippen molar-refractivity contribution in [2.75, 3.05) is 6.54 Å². The number of aromatic nitrogens is 3. The van der Waals surface area contributed by atoms with Gasteiger partial charge in [-0.2, -0.15) is 4.98 Å². The van der Waals surface area contributed by atoms with E-state index in [1.54, 1.807) is 18.3 Å². The Morgan fingerprint density at radius 1 is 1.42 bits per heavy atom.